The monoisotopic (exact) mass is 293 g/mol. The second-order valence-electron chi connectivity index (χ2n) is 6.56. The van der Waals surface area contributed by atoms with E-state index in [1.165, 1.54) is 29.4 Å². The number of nitrogens with one attached hydrogen (secondary N) is 1. The highest BCUT2D eigenvalue weighted by Crippen LogP contribution is 2.33. The third-order valence-electron chi connectivity index (χ3n) is 5.25. The van der Waals surface area contributed by atoms with Crippen LogP contribution in [0.5, 0.6) is 0 Å². The summed E-state index contributed by atoms with van der Waals surface area (Å²) >= 11 is 0. The van der Waals surface area contributed by atoms with Crippen molar-refractivity contribution in [3.63, 3.8) is 0 Å². The molecule has 2 aromatic rings. The molecule has 2 aliphatic rings. The molecule has 0 amide bonds. The lowest BCUT2D eigenvalue weighted by Crippen LogP contribution is -2.29. The molecule has 0 spiro atoms. The Balaban J connectivity index is 1.46. The van der Waals surface area contributed by atoms with E-state index >= 15 is 0 Å². The first kappa shape index (κ1) is 13.8. The van der Waals surface area contributed by atoms with E-state index in [0.29, 0.717) is 17.9 Å². The molecule has 2 heteroatoms. The molecule has 4 rings (SSSR count). The van der Waals surface area contributed by atoms with Gasteiger partial charge in [-0.2, -0.15) is 0 Å². The van der Waals surface area contributed by atoms with Gasteiger partial charge in [0, 0.05) is 18.0 Å². The van der Waals surface area contributed by atoms with Crippen molar-refractivity contribution in [2.24, 2.45) is 5.92 Å². The van der Waals surface area contributed by atoms with E-state index in [1.54, 1.807) is 6.26 Å². The minimum Gasteiger partial charge on any atom is -0.464 e. The molecule has 3 atom stereocenters. The highest BCUT2D eigenvalue weighted by atomic mass is 16.3. The van der Waals surface area contributed by atoms with E-state index < -0.39 is 0 Å². The van der Waals surface area contributed by atoms with Crippen LogP contribution in [0.15, 0.2) is 58.7 Å². The zero-order valence-electron chi connectivity index (χ0n) is 13.1. The van der Waals surface area contributed by atoms with Crippen molar-refractivity contribution < 1.29 is 4.42 Å². The first-order valence-corrected chi connectivity index (χ1v) is 8.41. The molecule has 2 nitrogen and oxygen atoms in total. The van der Waals surface area contributed by atoms with E-state index in [0.717, 1.165) is 18.5 Å². The fourth-order valence-corrected chi connectivity index (χ4v) is 3.83. The molecule has 0 bridgehead atoms. The van der Waals surface area contributed by atoms with Gasteiger partial charge in [-0.15, -0.1) is 0 Å². The van der Waals surface area contributed by atoms with Gasteiger partial charge in [-0.3, -0.25) is 0 Å². The van der Waals surface area contributed by atoms with Gasteiger partial charge < -0.3 is 9.73 Å². The van der Waals surface area contributed by atoms with Gasteiger partial charge in [0.15, 0.2) is 0 Å². The summed E-state index contributed by atoms with van der Waals surface area (Å²) < 4.78 is 5.44. The van der Waals surface area contributed by atoms with E-state index in [-0.39, 0.29) is 0 Å². The molecule has 114 valence electrons. The smallest absolute Gasteiger partial charge is 0.133 e. The lowest BCUT2D eigenvalue weighted by molar-refractivity contribution is 0.456. The van der Waals surface area contributed by atoms with Crippen molar-refractivity contribution in [2.75, 3.05) is 6.54 Å². The number of fused-ring (bicyclic) bond motifs is 1. The highest BCUT2D eigenvalue weighted by molar-refractivity contribution is 5.77. The maximum atomic E-state index is 5.44. The minimum absolute atomic E-state index is 0.607. The predicted molar refractivity (Wildman–Crippen MR) is 91.0 cm³/mol. The number of rotatable bonds is 3. The fourth-order valence-electron chi connectivity index (χ4n) is 3.83. The molecule has 1 saturated heterocycles. The van der Waals surface area contributed by atoms with Gasteiger partial charge in [0.1, 0.15) is 5.58 Å². The Morgan fingerprint density at radius 1 is 1.27 bits per heavy atom. The summed E-state index contributed by atoms with van der Waals surface area (Å²) in [5.74, 6) is 1.27. The first-order valence-electron chi connectivity index (χ1n) is 8.41. The quantitative estimate of drug-likeness (QED) is 0.880. The first-order chi connectivity index (χ1) is 10.8. The zero-order chi connectivity index (χ0) is 14.9. The fraction of sp³-hybridized carbons (Fsp3) is 0.400. The number of hydrogen-bond donors (Lipinski definition) is 1. The molecule has 1 fully saturated rings. The van der Waals surface area contributed by atoms with Crippen molar-refractivity contribution in [2.45, 2.75) is 38.1 Å². The molecule has 0 radical (unpaired) electrons. The molecule has 1 aliphatic carbocycles. The Morgan fingerprint density at radius 3 is 3.05 bits per heavy atom. The normalized spacial score (nSPS) is 28.2. The Kier molecular flexibility index (Phi) is 3.63. The van der Waals surface area contributed by atoms with Crippen molar-refractivity contribution in [3.8, 4) is 0 Å². The van der Waals surface area contributed by atoms with E-state index in [1.807, 2.05) is 0 Å². The lowest BCUT2D eigenvalue weighted by Gasteiger charge is -2.22. The summed E-state index contributed by atoms with van der Waals surface area (Å²) in [5.41, 5.74) is 3.91. The Hall–Kier alpha value is -1.80. The predicted octanol–water partition coefficient (Wildman–Crippen LogP) is 4.79. The second-order valence-corrected chi connectivity index (χ2v) is 6.56. The molecule has 0 saturated carbocycles. The molecule has 1 aliphatic heterocycles. The SMILES string of the molecule is CCC1=CCC(C2CC(c3ccc4occc4c3)CN2)C=C1. The summed E-state index contributed by atoms with van der Waals surface area (Å²) in [6.07, 6.45) is 12.5. The topological polar surface area (TPSA) is 25.2 Å². The van der Waals surface area contributed by atoms with Gasteiger partial charge in [-0.05, 0) is 54.9 Å². The van der Waals surface area contributed by atoms with Gasteiger partial charge in [0.2, 0.25) is 0 Å². The Labute approximate surface area is 131 Å². The average molecular weight is 293 g/mol. The molecule has 1 aromatic carbocycles. The standard InChI is InChI=1S/C20H23NO/c1-2-14-3-5-15(6-4-14)19-12-18(13-21-19)16-7-8-20-17(11-16)9-10-22-20/h3-5,7-11,15,18-19,21H,2,6,12-13H2,1H3. The van der Waals surface area contributed by atoms with Crippen molar-refractivity contribution in [1.29, 1.82) is 0 Å². The molecule has 22 heavy (non-hydrogen) atoms. The van der Waals surface area contributed by atoms with E-state index in [2.05, 4.69) is 54.7 Å². The minimum atomic E-state index is 0.607. The van der Waals surface area contributed by atoms with Crippen LogP contribution in [-0.4, -0.2) is 12.6 Å². The molecular formula is C20H23NO. The largest absolute Gasteiger partial charge is 0.464 e. The Morgan fingerprint density at radius 2 is 2.23 bits per heavy atom. The van der Waals surface area contributed by atoms with Gasteiger partial charge >= 0.3 is 0 Å². The van der Waals surface area contributed by atoms with E-state index in [9.17, 15) is 0 Å². The number of furan rings is 1. The van der Waals surface area contributed by atoms with Gasteiger partial charge in [0.25, 0.3) is 0 Å². The van der Waals surface area contributed by atoms with Crippen LogP contribution in [0.1, 0.15) is 37.7 Å². The Bertz CT molecular complexity index is 724. The average Bonchev–Trinajstić information content (AvgIpc) is 3.23. The van der Waals surface area contributed by atoms with Crippen LogP contribution in [0.25, 0.3) is 11.0 Å². The van der Waals surface area contributed by atoms with Crippen LogP contribution in [-0.2, 0) is 0 Å². The van der Waals surface area contributed by atoms with Crippen LogP contribution >= 0.6 is 0 Å². The van der Waals surface area contributed by atoms with Crippen molar-refractivity contribution in [3.05, 3.63) is 59.9 Å². The van der Waals surface area contributed by atoms with Crippen LogP contribution < -0.4 is 5.32 Å². The van der Waals surface area contributed by atoms with Crippen LogP contribution in [0, 0.1) is 5.92 Å². The van der Waals surface area contributed by atoms with E-state index in [4.69, 9.17) is 4.42 Å². The molecule has 1 aromatic heterocycles. The van der Waals surface area contributed by atoms with Gasteiger partial charge in [-0.1, -0.05) is 36.8 Å². The molecule has 1 N–H and O–H groups in total. The number of hydrogen-bond acceptors (Lipinski definition) is 2. The van der Waals surface area contributed by atoms with Crippen molar-refractivity contribution >= 4 is 11.0 Å². The van der Waals surface area contributed by atoms with Gasteiger partial charge in [0.05, 0.1) is 6.26 Å². The lowest BCUT2D eigenvalue weighted by atomic mass is 9.86. The number of allylic oxidation sites excluding steroid dienone is 3. The van der Waals surface area contributed by atoms with Gasteiger partial charge in [-0.25, -0.2) is 0 Å². The molecule has 3 unspecified atom stereocenters. The summed E-state index contributed by atoms with van der Waals surface area (Å²) in [6, 6.07) is 9.29. The highest BCUT2D eigenvalue weighted by Gasteiger charge is 2.30. The molecular weight excluding hydrogens is 270 g/mol. The van der Waals surface area contributed by atoms with Crippen LogP contribution in [0.4, 0.5) is 0 Å². The van der Waals surface area contributed by atoms with Crippen LogP contribution in [0.3, 0.4) is 0 Å². The zero-order valence-corrected chi connectivity index (χ0v) is 13.1. The third-order valence-corrected chi connectivity index (χ3v) is 5.25. The third kappa shape index (κ3) is 2.52. The summed E-state index contributed by atoms with van der Waals surface area (Å²) in [5, 5.41) is 4.96. The summed E-state index contributed by atoms with van der Waals surface area (Å²) in [4.78, 5) is 0. The summed E-state index contributed by atoms with van der Waals surface area (Å²) in [7, 11) is 0. The van der Waals surface area contributed by atoms with Crippen LogP contribution in [0.2, 0.25) is 0 Å². The summed E-state index contributed by atoms with van der Waals surface area (Å²) in [6.45, 7) is 3.31. The second kappa shape index (κ2) is 5.77. The maximum Gasteiger partial charge on any atom is 0.133 e. The number of benzene rings is 1. The maximum absolute atomic E-state index is 5.44. The molecule has 2 heterocycles. The van der Waals surface area contributed by atoms with Crippen molar-refractivity contribution in [1.82, 2.24) is 5.32 Å².